The summed E-state index contributed by atoms with van der Waals surface area (Å²) in [6.07, 6.45) is 3.34. The zero-order valence-electron chi connectivity index (χ0n) is 16.2. The van der Waals surface area contributed by atoms with Gasteiger partial charge in [-0.3, -0.25) is 9.69 Å². The minimum absolute atomic E-state index is 0.0533. The molecule has 0 fully saturated rings. The number of unbranched alkanes of at least 4 members (excludes halogenated alkanes) is 2. The van der Waals surface area contributed by atoms with Gasteiger partial charge in [0, 0.05) is 30.9 Å². The summed E-state index contributed by atoms with van der Waals surface area (Å²) in [5.41, 5.74) is 0.976. The van der Waals surface area contributed by atoms with Crippen molar-refractivity contribution in [2.75, 3.05) is 23.3 Å². The van der Waals surface area contributed by atoms with Crippen molar-refractivity contribution in [3.8, 4) is 0 Å². The van der Waals surface area contributed by atoms with E-state index in [1.54, 1.807) is 18.2 Å². The summed E-state index contributed by atoms with van der Waals surface area (Å²) in [6.45, 7) is 2.57. The maximum Gasteiger partial charge on any atom is 0.326 e. The van der Waals surface area contributed by atoms with E-state index >= 15 is 0 Å². The number of halogens is 3. The van der Waals surface area contributed by atoms with Crippen LogP contribution in [0.4, 0.5) is 20.6 Å². The van der Waals surface area contributed by atoms with Gasteiger partial charge in [0.1, 0.15) is 5.82 Å². The number of anilines is 2. The highest BCUT2D eigenvalue weighted by molar-refractivity contribution is 6.42. The average molecular weight is 440 g/mol. The Hall–Kier alpha value is -2.31. The van der Waals surface area contributed by atoms with Crippen molar-refractivity contribution < 1.29 is 14.0 Å². The van der Waals surface area contributed by atoms with Crippen molar-refractivity contribution in [1.29, 1.82) is 0 Å². The highest BCUT2D eigenvalue weighted by atomic mass is 35.5. The van der Waals surface area contributed by atoms with Gasteiger partial charge in [0.2, 0.25) is 5.91 Å². The molecule has 2 N–H and O–H groups in total. The molecule has 0 aliphatic carbocycles. The van der Waals surface area contributed by atoms with Gasteiger partial charge in [-0.1, -0.05) is 43.0 Å². The van der Waals surface area contributed by atoms with Crippen molar-refractivity contribution in [3.63, 3.8) is 0 Å². The summed E-state index contributed by atoms with van der Waals surface area (Å²) in [6, 6.07) is 9.88. The van der Waals surface area contributed by atoms with Gasteiger partial charge >= 0.3 is 6.03 Å². The van der Waals surface area contributed by atoms with Gasteiger partial charge in [0.15, 0.2) is 0 Å². The second-order valence-corrected chi connectivity index (χ2v) is 7.31. The molecule has 8 heteroatoms. The Bertz CT molecular complexity index is 831. The Balaban J connectivity index is 2.04. The van der Waals surface area contributed by atoms with Crippen LogP contribution in [-0.4, -0.2) is 25.0 Å². The van der Waals surface area contributed by atoms with Crippen molar-refractivity contribution in [2.24, 2.45) is 0 Å². The number of benzene rings is 2. The van der Waals surface area contributed by atoms with E-state index in [4.69, 9.17) is 23.2 Å². The smallest absolute Gasteiger partial charge is 0.326 e. The Morgan fingerprint density at radius 2 is 1.76 bits per heavy atom. The van der Waals surface area contributed by atoms with Crippen LogP contribution in [0.3, 0.4) is 0 Å². The summed E-state index contributed by atoms with van der Waals surface area (Å²) in [5.74, 6) is -0.454. The van der Waals surface area contributed by atoms with E-state index in [2.05, 4.69) is 17.6 Å². The molecule has 0 unspecified atom stereocenters. The first-order valence-electron chi connectivity index (χ1n) is 9.46. The molecule has 2 aromatic rings. The summed E-state index contributed by atoms with van der Waals surface area (Å²) in [5, 5.41) is 6.25. The Labute approximate surface area is 180 Å². The lowest BCUT2D eigenvalue weighted by atomic mass is 10.2. The van der Waals surface area contributed by atoms with Crippen LogP contribution in [0.5, 0.6) is 0 Å². The number of hydrogen-bond acceptors (Lipinski definition) is 2. The largest absolute Gasteiger partial charge is 0.354 e. The third kappa shape index (κ3) is 7.55. The van der Waals surface area contributed by atoms with E-state index in [1.807, 2.05) is 0 Å². The molecular weight excluding hydrogens is 416 g/mol. The second kappa shape index (κ2) is 11.6. The molecule has 0 heterocycles. The van der Waals surface area contributed by atoms with E-state index in [-0.39, 0.29) is 19.0 Å². The van der Waals surface area contributed by atoms with Crippen LogP contribution in [0.2, 0.25) is 10.0 Å². The van der Waals surface area contributed by atoms with Crippen molar-refractivity contribution in [2.45, 2.75) is 32.6 Å². The molecule has 0 radical (unpaired) electrons. The fraction of sp³-hybridized carbons (Fsp3) is 0.333. The van der Waals surface area contributed by atoms with E-state index in [0.717, 1.165) is 19.3 Å². The van der Waals surface area contributed by atoms with Gasteiger partial charge in [-0.15, -0.1) is 0 Å². The standard InChI is InChI=1S/C21H24Cl2FN3O2/c1-2-3-4-5-20(28)25-12-13-27(17-9-6-15(24)7-10-17)21(29)26-16-8-11-18(22)19(23)14-16/h6-11,14H,2-5,12-13H2,1H3,(H,25,28)(H,26,29). The number of carbonyl (C=O) groups excluding carboxylic acids is 2. The number of nitrogens with one attached hydrogen (secondary N) is 2. The maximum atomic E-state index is 13.3. The molecule has 0 bridgehead atoms. The summed E-state index contributed by atoms with van der Waals surface area (Å²) in [7, 11) is 0. The Morgan fingerprint density at radius 1 is 1.03 bits per heavy atom. The van der Waals surface area contributed by atoms with Gasteiger partial charge in [0.05, 0.1) is 10.0 Å². The predicted molar refractivity (Wildman–Crippen MR) is 116 cm³/mol. The second-order valence-electron chi connectivity index (χ2n) is 6.49. The highest BCUT2D eigenvalue weighted by Gasteiger charge is 2.17. The van der Waals surface area contributed by atoms with Crippen LogP contribution in [0.15, 0.2) is 42.5 Å². The lowest BCUT2D eigenvalue weighted by Crippen LogP contribution is -2.41. The highest BCUT2D eigenvalue weighted by Crippen LogP contribution is 2.25. The van der Waals surface area contributed by atoms with Crippen LogP contribution in [0.25, 0.3) is 0 Å². The fourth-order valence-corrected chi connectivity index (χ4v) is 2.96. The Morgan fingerprint density at radius 3 is 2.41 bits per heavy atom. The molecule has 0 aliphatic rings. The molecule has 0 atom stereocenters. The SMILES string of the molecule is CCCCCC(=O)NCCN(C(=O)Nc1ccc(Cl)c(Cl)c1)c1ccc(F)cc1. The number of hydrogen-bond donors (Lipinski definition) is 2. The minimum Gasteiger partial charge on any atom is -0.354 e. The normalized spacial score (nSPS) is 10.5. The van der Waals surface area contributed by atoms with Gasteiger partial charge in [-0.25, -0.2) is 9.18 Å². The molecule has 0 aliphatic heterocycles. The van der Waals surface area contributed by atoms with Crippen molar-refractivity contribution in [3.05, 3.63) is 58.3 Å². The first-order valence-corrected chi connectivity index (χ1v) is 10.2. The number of urea groups is 1. The number of amides is 3. The molecule has 5 nitrogen and oxygen atoms in total. The predicted octanol–water partition coefficient (Wildman–Crippen LogP) is 5.87. The monoisotopic (exact) mass is 439 g/mol. The van der Waals surface area contributed by atoms with Gasteiger partial charge in [-0.05, 0) is 48.9 Å². The van der Waals surface area contributed by atoms with E-state index in [9.17, 15) is 14.0 Å². The molecule has 2 rings (SSSR count). The fourth-order valence-electron chi connectivity index (χ4n) is 2.66. The zero-order chi connectivity index (χ0) is 21.2. The quantitative estimate of drug-likeness (QED) is 0.480. The molecule has 2 aromatic carbocycles. The molecule has 0 saturated carbocycles. The average Bonchev–Trinajstić information content (AvgIpc) is 2.69. The zero-order valence-corrected chi connectivity index (χ0v) is 17.7. The van der Waals surface area contributed by atoms with Crippen molar-refractivity contribution in [1.82, 2.24) is 5.32 Å². The third-order valence-electron chi connectivity index (χ3n) is 4.22. The topological polar surface area (TPSA) is 61.4 Å². The van der Waals surface area contributed by atoms with Crippen LogP contribution in [0.1, 0.15) is 32.6 Å². The lowest BCUT2D eigenvalue weighted by molar-refractivity contribution is -0.121. The van der Waals surface area contributed by atoms with E-state index in [0.29, 0.717) is 27.8 Å². The first kappa shape index (κ1) is 23.0. The van der Waals surface area contributed by atoms with Gasteiger partial charge < -0.3 is 10.6 Å². The van der Waals surface area contributed by atoms with Gasteiger partial charge in [0.25, 0.3) is 0 Å². The minimum atomic E-state index is -0.435. The number of carbonyl (C=O) groups is 2. The van der Waals surface area contributed by atoms with Crippen molar-refractivity contribution >= 4 is 46.5 Å². The molecule has 156 valence electrons. The number of rotatable bonds is 9. The van der Waals surface area contributed by atoms with E-state index < -0.39 is 11.8 Å². The molecule has 29 heavy (non-hydrogen) atoms. The van der Waals surface area contributed by atoms with Crippen LogP contribution in [-0.2, 0) is 4.79 Å². The molecule has 0 aromatic heterocycles. The molecule has 3 amide bonds. The van der Waals surface area contributed by atoms with Crippen LogP contribution in [0, 0.1) is 5.82 Å². The van der Waals surface area contributed by atoms with Crippen LogP contribution < -0.4 is 15.5 Å². The summed E-state index contributed by atoms with van der Waals surface area (Å²) in [4.78, 5) is 26.1. The van der Waals surface area contributed by atoms with E-state index in [1.165, 1.54) is 29.2 Å². The molecular formula is C21H24Cl2FN3O2. The lowest BCUT2D eigenvalue weighted by Gasteiger charge is -2.23. The van der Waals surface area contributed by atoms with Crippen LogP contribution >= 0.6 is 23.2 Å². The number of nitrogens with zero attached hydrogens (tertiary/aromatic N) is 1. The summed E-state index contributed by atoms with van der Waals surface area (Å²) < 4.78 is 13.3. The van der Waals surface area contributed by atoms with Gasteiger partial charge in [-0.2, -0.15) is 0 Å². The maximum absolute atomic E-state index is 13.3. The molecule has 0 saturated heterocycles. The first-order chi connectivity index (χ1) is 13.9. The molecule has 0 spiro atoms. The summed E-state index contributed by atoms with van der Waals surface area (Å²) >= 11 is 11.9. The Kier molecular flexibility index (Phi) is 9.22. The third-order valence-corrected chi connectivity index (χ3v) is 4.96.